The van der Waals surface area contributed by atoms with E-state index in [0.717, 1.165) is 10.9 Å². The van der Waals surface area contributed by atoms with Crippen LogP contribution in [0.4, 0.5) is 19.0 Å². The number of rotatable bonds is 7. The highest BCUT2D eigenvalue weighted by Gasteiger charge is 2.38. The number of carbonyl (C=O) groups excluding carboxylic acids is 1. The molecule has 0 radical (unpaired) electrons. The largest absolute Gasteiger partial charge is 0.435 e. The van der Waals surface area contributed by atoms with Gasteiger partial charge in [0.25, 0.3) is 5.56 Å². The number of nitriles is 1. The van der Waals surface area contributed by atoms with E-state index in [4.69, 9.17) is 10.00 Å². The quantitative estimate of drug-likeness (QED) is 0.467. The van der Waals surface area contributed by atoms with Crippen LogP contribution in [0.3, 0.4) is 0 Å². The lowest BCUT2D eigenvalue weighted by molar-refractivity contribution is -0.140. The number of anilines is 1. The van der Waals surface area contributed by atoms with E-state index in [1.54, 1.807) is 11.8 Å². The molecule has 12 nitrogen and oxygen atoms in total. The number of ether oxygens (including phenoxy) is 1. The van der Waals surface area contributed by atoms with Crippen molar-refractivity contribution in [1.29, 1.82) is 5.26 Å². The van der Waals surface area contributed by atoms with Crippen LogP contribution in [0.1, 0.15) is 30.8 Å². The fourth-order valence-corrected chi connectivity index (χ4v) is 3.91. The van der Waals surface area contributed by atoms with Crippen molar-refractivity contribution in [3.63, 3.8) is 0 Å². The zero-order valence-electron chi connectivity index (χ0n) is 19.2. The lowest BCUT2D eigenvalue weighted by Crippen LogP contribution is -2.49. The summed E-state index contributed by atoms with van der Waals surface area (Å²) in [4.78, 5) is 36.4. The van der Waals surface area contributed by atoms with Gasteiger partial charge in [0, 0.05) is 26.2 Å². The molecule has 190 valence electrons. The fourth-order valence-electron chi connectivity index (χ4n) is 3.91. The monoisotopic (exact) mass is 505 g/mol. The van der Waals surface area contributed by atoms with E-state index < -0.39 is 28.9 Å². The third-order valence-electron chi connectivity index (χ3n) is 5.74. The summed E-state index contributed by atoms with van der Waals surface area (Å²) in [6, 6.07) is 1.27. The molecular weight excluding hydrogens is 483 g/mol. The molecule has 1 fully saturated rings. The zero-order chi connectivity index (χ0) is 25.9. The summed E-state index contributed by atoms with van der Waals surface area (Å²) >= 11 is 0. The normalized spacial score (nSPS) is 15.2. The second-order valence-electron chi connectivity index (χ2n) is 8.16. The molecule has 3 aromatic rings. The van der Waals surface area contributed by atoms with Crippen LogP contribution in [0.25, 0.3) is 10.9 Å². The van der Waals surface area contributed by atoms with Gasteiger partial charge in [0.15, 0.2) is 11.4 Å². The van der Waals surface area contributed by atoms with Gasteiger partial charge in [-0.15, -0.1) is 0 Å². The lowest BCUT2D eigenvalue weighted by Gasteiger charge is -2.35. The summed E-state index contributed by atoms with van der Waals surface area (Å²) in [6.45, 7) is 3.75. The molecule has 15 heteroatoms. The SMILES string of the molecule is CC(COCCC(=O)N1CCN(c2cnc(C#N)cn2)CC1)n1nc(C(F)(F)F)c2c(=O)[nH]ncc21. The first-order valence-corrected chi connectivity index (χ1v) is 11.0. The predicted octanol–water partition coefficient (Wildman–Crippen LogP) is 1.12. The molecule has 4 heterocycles. The highest BCUT2D eigenvalue weighted by molar-refractivity contribution is 5.80. The fraction of sp³-hybridized carbons (Fsp3) is 0.476. The van der Waals surface area contributed by atoms with Gasteiger partial charge in [-0.05, 0) is 6.92 Å². The molecule has 1 atom stereocenters. The van der Waals surface area contributed by atoms with Crippen molar-refractivity contribution in [1.82, 2.24) is 34.8 Å². The summed E-state index contributed by atoms with van der Waals surface area (Å²) in [5.74, 6) is 0.531. The Labute approximate surface area is 202 Å². The van der Waals surface area contributed by atoms with Crippen molar-refractivity contribution in [3.05, 3.63) is 40.3 Å². The zero-order valence-corrected chi connectivity index (χ0v) is 19.2. The Kier molecular flexibility index (Phi) is 7.15. The Hall–Kier alpha value is -4.06. The maximum absolute atomic E-state index is 13.4. The first-order chi connectivity index (χ1) is 17.2. The van der Waals surface area contributed by atoms with Crippen molar-refractivity contribution in [2.75, 3.05) is 44.3 Å². The summed E-state index contributed by atoms with van der Waals surface area (Å²) in [5.41, 5.74) is -2.08. The Morgan fingerprint density at radius 1 is 1.22 bits per heavy atom. The van der Waals surface area contributed by atoms with Gasteiger partial charge in [0.1, 0.15) is 17.3 Å². The molecule has 1 unspecified atom stereocenters. The molecule has 36 heavy (non-hydrogen) atoms. The lowest BCUT2D eigenvalue weighted by atomic mass is 10.2. The highest BCUT2D eigenvalue weighted by Crippen LogP contribution is 2.33. The Morgan fingerprint density at radius 2 is 1.97 bits per heavy atom. The van der Waals surface area contributed by atoms with Crippen LogP contribution in [0.15, 0.2) is 23.4 Å². The molecule has 0 saturated carbocycles. The number of fused-ring (bicyclic) bond motifs is 1. The average molecular weight is 505 g/mol. The maximum Gasteiger partial charge on any atom is 0.435 e. The topological polar surface area (TPSA) is 146 Å². The van der Waals surface area contributed by atoms with Crippen LogP contribution >= 0.6 is 0 Å². The Bertz CT molecular complexity index is 1320. The molecule has 1 saturated heterocycles. The van der Waals surface area contributed by atoms with Gasteiger partial charge in [-0.1, -0.05) is 0 Å². The number of amides is 1. The number of alkyl halides is 3. The molecule has 1 aliphatic rings. The molecule has 0 aliphatic carbocycles. The van der Waals surface area contributed by atoms with Crippen LogP contribution in [0, 0.1) is 11.3 Å². The van der Waals surface area contributed by atoms with Crippen LogP contribution in [0.5, 0.6) is 0 Å². The molecule has 0 spiro atoms. The van der Waals surface area contributed by atoms with E-state index >= 15 is 0 Å². The average Bonchev–Trinajstić information content (AvgIpc) is 3.28. The first-order valence-electron chi connectivity index (χ1n) is 11.0. The third kappa shape index (κ3) is 5.28. The van der Waals surface area contributed by atoms with Crippen molar-refractivity contribution < 1.29 is 22.7 Å². The summed E-state index contributed by atoms with van der Waals surface area (Å²) in [5, 5.41) is 17.4. The molecule has 1 N–H and O–H groups in total. The van der Waals surface area contributed by atoms with Gasteiger partial charge in [0.05, 0.1) is 49.8 Å². The number of aromatic amines is 1. The standard InChI is InChI=1S/C21H22F3N9O3/c1-13(33-15-10-28-29-20(35)18(15)19(30-33)21(22,23)24)12-36-7-2-17(34)32-5-3-31(4-6-32)16-11-26-14(8-25)9-27-16/h9-11,13H,2-7,12H2,1H3,(H,29,35). The van der Waals surface area contributed by atoms with Crippen molar-refractivity contribution in [2.24, 2.45) is 0 Å². The summed E-state index contributed by atoms with van der Waals surface area (Å²) in [6.07, 6.45) is -0.657. The predicted molar refractivity (Wildman–Crippen MR) is 119 cm³/mol. The number of aromatic nitrogens is 6. The third-order valence-corrected chi connectivity index (χ3v) is 5.74. The molecule has 0 bridgehead atoms. The van der Waals surface area contributed by atoms with Crippen LogP contribution in [-0.4, -0.2) is 80.1 Å². The molecule has 1 aliphatic heterocycles. The molecule has 0 aromatic carbocycles. The molecule has 3 aromatic heterocycles. The Balaban J connectivity index is 1.27. The summed E-state index contributed by atoms with van der Waals surface area (Å²) in [7, 11) is 0. The van der Waals surface area contributed by atoms with Gasteiger partial charge in [-0.2, -0.15) is 28.6 Å². The number of carbonyl (C=O) groups is 1. The van der Waals surface area contributed by atoms with Gasteiger partial charge in [0.2, 0.25) is 5.91 Å². The van der Waals surface area contributed by atoms with Crippen molar-refractivity contribution in [3.8, 4) is 6.07 Å². The number of hydrogen-bond acceptors (Lipinski definition) is 9. The first kappa shape index (κ1) is 25.0. The Morgan fingerprint density at radius 3 is 2.61 bits per heavy atom. The van der Waals surface area contributed by atoms with E-state index in [0.29, 0.717) is 32.0 Å². The van der Waals surface area contributed by atoms with Crippen molar-refractivity contribution >= 4 is 22.6 Å². The number of piperazine rings is 1. The van der Waals surface area contributed by atoms with E-state index in [-0.39, 0.29) is 36.8 Å². The van der Waals surface area contributed by atoms with E-state index in [2.05, 4.69) is 20.2 Å². The van der Waals surface area contributed by atoms with Gasteiger partial charge in [-0.25, -0.2) is 15.1 Å². The molecule has 1 amide bonds. The molecule has 4 rings (SSSR count). The number of H-pyrrole nitrogens is 1. The second kappa shape index (κ2) is 10.3. The number of hydrogen-bond donors (Lipinski definition) is 1. The smallest absolute Gasteiger partial charge is 0.379 e. The van der Waals surface area contributed by atoms with Gasteiger partial charge < -0.3 is 14.5 Å². The van der Waals surface area contributed by atoms with Gasteiger partial charge >= 0.3 is 6.18 Å². The van der Waals surface area contributed by atoms with Crippen LogP contribution in [-0.2, 0) is 15.7 Å². The minimum atomic E-state index is -4.80. The van der Waals surface area contributed by atoms with Crippen LogP contribution in [0.2, 0.25) is 0 Å². The molecular formula is C21H22F3N9O3. The van der Waals surface area contributed by atoms with Gasteiger partial charge in [-0.3, -0.25) is 14.3 Å². The number of nitrogens with zero attached hydrogens (tertiary/aromatic N) is 8. The van der Waals surface area contributed by atoms with Crippen LogP contribution < -0.4 is 10.5 Å². The number of halogens is 3. The minimum absolute atomic E-state index is 0.0146. The second-order valence-corrected chi connectivity index (χ2v) is 8.16. The van der Waals surface area contributed by atoms with E-state index in [1.807, 2.05) is 16.1 Å². The highest BCUT2D eigenvalue weighted by atomic mass is 19.4. The van der Waals surface area contributed by atoms with E-state index in [9.17, 15) is 22.8 Å². The van der Waals surface area contributed by atoms with Crippen molar-refractivity contribution in [2.45, 2.75) is 25.6 Å². The minimum Gasteiger partial charge on any atom is -0.379 e. The van der Waals surface area contributed by atoms with E-state index in [1.165, 1.54) is 12.4 Å². The maximum atomic E-state index is 13.4. The summed E-state index contributed by atoms with van der Waals surface area (Å²) < 4.78 is 46.7. The number of nitrogens with one attached hydrogen (secondary N) is 1.